The van der Waals surface area contributed by atoms with Crippen LogP contribution in [0.25, 0.3) is 0 Å². The highest BCUT2D eigenvalue weighted by atomic mass is 16.5. The first-order chi connectivity index (χ1) is 13.1. The monoisotopic (exact) mass is 368 g/mol. The predicted molar refractivity (Wildman–Crippen MR) is 98.1 cm³/mol. The van der Waals surface area contributed by atoms with Gasteiger partial charge in [-0.2, -0.15) is 0 Å². The van der Waals surface area contributed by atoms with Crippen molar-refractivity contribution < 1.29 is 19.1 Å². The van der Waals surface area contributed by atoms with E-state index in [1.54, 1.807) is 36.5 Å². The number of hydrogen-bond acceptors (Lipinski definition) is 5. The topological polar surface area (TPSA) is 101 Å². The lowest BCUT2D eigenvalue weighted by molar-refractivity contribution is -0.122. The van der Waals surface area contributed by atoms with E-state index in [9.17, 15) is 14.4 Å². The zero-order valence-corrected chi connectivity index (χ0v) is 14.8. The van der Waals surface area contributed by atoms with Crippen LogP contribution in [0.2, 0.25) is 0 Å². The third-order valence-electron chi connectivity index (χ3n) is 4.20. The van der Waals surface area contributed by atoms with Gasteiger partial charge < -0.3 is 15.4 Å². The number of benzene rings is 1. The van der Waals surface area contributed by atoms with Crippen molar-refractivity contribution in [2.75, 3.05) is 12.0 Å². The second kappa shape index (κ2) is 8.31. The molecule has 1 aromatic heterocycles. The molecule has 0 aliphatic carbocycles. The number of carbonyl (C=O) groups excluding carboxylic acids is 3. The summed E-state index contributed by atoms with van der Waals surface area (Å²) in [7, 11) is 1.54. The summed E-state index contributed by atoms with van der Waals surface area (Å²) in [4.78, 5) is 41.9. The Morgan fingerprint density at radius 1 is 1.22 bits per heavy atom. The molecule has 1 fully saturated rings. The van der Waals surface area contributed by atoms with E-state index in [4.69, 9.17) is 4.74 Å². The Morgan fingerprint density at radius 2 is 2.00 bits per heavy atom. The van der Waals surface area contributed by atoms with Crippen LogP contribution >= 0.6 is 0 Å². The normalized spacial score (nSPS) is 16.2. The van der Waals surface area contributed by atoms with Gasteiger partial charge in [-0.15, -0.1) is 0 Å². The van der Waals surface area contributed by atoms with Crippen LogP contribution in [0.4, 0.5) is 10.5 Å². The highest BCUT2D eigenvalue weighted by molar-refractivity contribution is 6.21. The number of hydrogen-bond donors (Lipinski definition) is 2. The number of carbonyl (C=O) groups is 3. The number of pyridine rings is 1. The predicted octanol–water partition coefficient (Wildman–Crippen LogP) is 1.61. The first-order valence-corrected chi connectivity index (χ1v) is 8.53. The molecule has 1 aliphatic heterocycles. The van der Waals surface area contributed by atoms with Crippen LogP contribution in [0.1, 0.15) is 18.5 Å². The third kappa shape index (κ3) is 4.41. The quantitative estimate of drug-likeness (QED) is 0.723. The lowest BCUT2D eigenvalue weighted by Crippen LogP contribution is -2.32. The molecule has 0 unspecified atom stereocenters. The second-order valence-corrected chi connectivity index (χ2v) is 6.01. The molecule has 1 aliphatic rings. The standard InChI is InChI=1S/C19H20N4O4/c1-27-15-7-5-14(6-8-15)23-18(25)16(22-19(23)26)9-10-17(24)21-12-13-4-2-3-11-20-13/h2-8,11,16H,9-10,12H2,1H3,(H,21,24)(H,22,26)/t16-/m1/s1. The van der Waals surface area contributed by atoms with E-state index < -0.39 is 12.1 Å². The molecule has 0 spiro atoms. The SMILES string of the molecule is COc1ccc(N2C(=O)N[C@H](CCC(=O)NCc3ccccn3)C2=O)cc1. The Balaban J connectivity index is 1.52. The summed E-state index contributed by atoms with van der Waals surface area (Å²) in [6.45, 7) is 0.322. The molecule has 2 heterocycles. The smallest absolute Gasteiger partial charge is 0.329 e. The lowest BCUT2D eigenvalue weighted by Gasteiger charge is -2.13. The average Bonchev–Trinajstić information content (AvgIpc) is 2.99. The maximum atomic E-state index is 12.5. The summed E-state index contributed by atoms with van der Waals surface area (Å²) < 4.78 is 5.07. The number of amides is 4. The maximum absolute atomic E-state index is 12.5. The lowest BCUT2D eigenvalue weighted by atomic mass is 10.1. The van der Waals surface area contributed by atoms with Crippen LogP contribution in [-0.4, -0.2) is 36.0 Å². The van der Waals surface area contributed by atoms with E-state index in [1.165, 1.54) is 7.11 Å². The van der Waals surface area contributed by atoms with E-state index in [-0.39, 0.29) is 24.7 Å². The van der Waals surface area contributed by atoms with E-state index in [0.29, 0.717) is 18.0 Å². The van der Waals surface area contributed by atoms with Gasteiger partial charge in [0.25, 0.3) is 5.91 Å². The Kier molecular flexibility index (Phi) is 5.65. The molecular weight excluding hydrogens is 348 g/mol. The Morgan fingerprint density at radius 3 is 2.67 bits per heavy atom. The van der Waals surface area contributed by atoms with Crippen LogP contribution in [0.5, 0.6) is 5.75 Å². The summed E-state index contributed by atoms with van der Waals surface area (Å²) in [5, 5.41) is 5.38. The molecule has 0 radical (unpaired) electrons. The van der Waals surface area contributed by atoms with Gasteiger partial charge in [-0.05, 0) is 42.8 Å². The van der Waals surface area contributed by atoms with Crippen molar-refractivity contribution in [2.45, 2.75) is 25.4 Å². The van der Waals surface area contributed by atoms with Gasteiger partial charge in [-0.3, -0.25) is 14.6 Å². The average molecular weight is 368 g/mol. The van der Waals surface area contributed by atoms with Crippen LogP contribution < -0.4 is 20.3 Å². The molecule has 2 aromatic rings. The van der Waals surface area contributed by atoms with Gasteiger partial charge in [-0.25, -0.2) is 9.69 Å². The molecule has 4 amide bonds. The first-order valence-electron chi connectivity index (χ1n) is 8.53. The molecule has 1 atom stereocenters. The highest BCUT2D eigenvalue weighted by Gasteiger charge is 2.38. The second-order valence-electron chi connectivity index (χ2n) is 6.01. The molecule has 8 nitrogen and oxygen atoms in total. The van der Waals surface area contributed by atoms with E-state index in [0.717, 1.165) is 10.6 Å². The molecule has 0 bridgehead atoms. The van der Waals surface area contributed by atoms with Gasteiger partial charge >= 0.3 is 6.03 Å². The number of ether oxygens (including phenoxy) is 1. The number of urea groups is 1. The minimum Gasteiger partial charge on any atom is -0.497 e. The fourth-order valence-electron chi connectivity index (χ4n) is 2.76. The molecule has 0 saturated carbocycles. The van der Waals surface area contributed by atoms with Crippen molar-refractivity contribution in [1.29, 1.82) is 0 Å². The summed E-state index contributed by atoms with van der Waals surface area (Å²) in [6, 6.07) is 10.9. The molecule has 140 valence electrons. The van der Waals surface area contributed by atoms with Gasteiger partial charge in [0.2, 0.25) is 5.91 Å². The summed E-state index contributed by atoms with van der Waals surface area (Å²) >= 11 is 0. The largest absolute Gasteiger partial charge is 0.497 e. The molecule has 1 saturated heterocycles. The van der Waals surface area contributed by atoms with E-state index in [1.807, 2.05) is 12.1 Å². The molecule has 2 N–H and O–H groups in total. The summed E-state index contributed by atoms with van der Waals surface area (Å²) in [5.41, 5.74) is 1.21. The maximum Gasteiger partial charge on any atom is 0.329 e. The molecule has 3 rings (SSSR count). The van der Waals surface area contributed by atoms with E-state index in [2.05, 4.69) is 15.6 Å². The van der Waals surface area contributed by atoms with Gasteiger partial charge in [0.1, 0.15) is 11.8 Å². The Hall–Kier alpha value is -3.42. The van der Waals surface area contributed by atoms with Crippen molar-refractivity contribution in [3.8, 4) is 5.75 Å². The number of rotatable bonds is 7. The number of methoxy groups -OCH3 is 1. The van der Waals surface area contributed by atoms with Gasteiger partial charge in [0, 0.05) is 12.6 Å². The van der Waals surface area contributed by atoms with Crippen LogP contribution in [0, 0.1) is 0 Å². The number of nitrogens with zero attached hydrogens (tertiary/aromatic N) is 2. The zero-order valence-electron chi connectivity index (χ0n) is 14.8. The van der Waals surface area contributed by atoms with Gasteiger partial charge in [-0.1, -0.05) is 6.07 Å². The molecule has 1 aromatic carbocycles. The highest BCUT2D eigenvalue weighted by Crippen LogP contribution is 2.23. The van der Waals surface area contributed by atoms with Gasteiger partial charge in [0.15, 0.2) is 0 Å². The van der Waals surface area contributed by atoms with Crippen molar-refractivity contribution in [3.05, 3.63) is 54.4 Å². The number of nitrogens with one attached hydrogen (secondary N) is 2. The fourth-order valence-corrected chi connectivity index (χ4v) is 2.76. The number of anilines is 1. The van der Waals surface area contributed by atoms with Crippen molar-refractivity contribution in [3.63, 3.8) is 0 Å². The molecule has 8 heteroatoms. The van der Waals surface area contributed by atoms with E-state index >= 15 is 0 Å². The molecular formula is C19H20N4O4. The Labute approximate surface area is 156 Å². The van der Waals surface area contributed by atoms with Crippen molar-refractivity contribution >= 4 is 23.5 Å². The third-order valence-corrected chi connectivity index (χ3v) is 4.20. The van der Waals surface area contributed by atoms with Crippen LogP contribution in [0.15, 0.2) is 48.7 Å². The first kappa shape index (κ1) is 18.4. The van der Waals surface area contributed by atoms with Crippen LogP contribution in [-0.2, 0) is 16.1 Å². The zero-order chi connectivity index (χ0) is 19.2. The minimum absolute atomic E-state index is 0.125. The molecule has 27 heavy (non-hydrogen) atoms. The Bertz CT molecular complexity index is 823. The van der Waals surface area contributed by atoms with Crippen LogP contribution in [0.3, 0.4) is 0 Å². The van der Waals surface area contributed by atoms with Crippen molar-refractivity contribution in [2.24, 2.45) is 0 Å². The minimum atomic E-state index is -0.722. The number of imide groups is 1. The summed E-state index contributed by atoms with van der Waals surface area (Å²) in [5.74, 6) is 0.0558. The number of aromatic nitrogens is 1. The van der Waals surface area contributed by atoms with Gasteiger partial charge in [0.05, 0.1) is 25.0 Å². The summed E-state index contributed by atoms with van der Waals surface area (Å²) in [6.07, 6.45) is 2.01. The fraction of sp³-hybridized carbons (Fsp3) is 0.263. The van der Waals surface area contributed by atoms with Crippen molar-refractivity contribution in [1.82, 2.24) is 15.6 Å².